The number of rotatable bonds is 9. The third-order valence-electron chi connectivity index (χ3n) is 5.06. The number of hydrogen-bond acceptors (Lipinski definition) is 5. The molecule has 0 amide bonds. The van der Waals surface area contributed by atoms with Crippen LogP contribution in [-0.2, 0) is 22.6 Å². The molecule has 0 radical (unpaired) electrons. The van der Waals surface area contributed by atoms with E-state index in [-0.39, 0.29) is 0 Å². The number of ether oxygens (including phenoxy) is 4. The van der Waals surface area contributed by atoms with Gasteiger partial charge in [-0.2, -0.15) is 0 Å². The molecule has 3 rings (SSSR count). The van der Waals surface area contributed by atoms with Gasteiger partial charge in [0.25, 0.3) is 0 Å². The van der Waals surface area contributed by atoms with Gasteiger partial charge in [0.1, 0.15) is 0 Å². The molecule has 1 saturated heterocycles. The Kier molecular flexibility index (Phi) is 8.99. The Bertz CT molecular complexity index is 850. The summed E-state index contributed by atoms with van der Waals surface area (Å²) in [6.45, 7) is 5.40. The molecule has 0 bridgehead atoms. The number of nitrogens with one attached hydrogen (secondary N) is 2. The van der Waals surface area contributed by atoms with E-state index in [9.17, 15) is 0 Å². The van der Waals surface area contributed by atoms with Crippen molar-refractivity contribution in [1.29, 1.82) is 0 Å². The van der Waals surface area contributed by atoms with Crippen LogP contribution in [0.1, 0.15) is 30.9 Å². The van der Waals surface area contributed by atoms with Crippen molar-refractivity contribution in [2.75, 3.05) is 39.3 Å². The van der Waals surface area contributed by atoms with Gasteiger partial charge in [-0.25, -0.2) is 0 Å². The van der Waals surface area contributed by atoms with E-state index in [1.54, 1.807) is 14.2 Å². The molecule has 1 aliphatic heterocycles. The SMILES string of the molecule is CCOc1ccc(NC(=NC)NCc2cccc(COC3CCOCC3)c2)cc1OC. The summed E-state index contributed by atoms with van der Waals surface area (Å²) in [5.74, 6) is 2.08. The van der Waals surface area contributed by atoms with Crippen molar-refractivity contribution in [1.82, 2.24) is 5.32 Å². The first-order valence-electron chi connectivity index (χ1n) is 10.8. The number of benzene rings is 2. The smallest absolute Gasteiger partial charge is 0.195 e. The van der Waals surface area contributed by atoms with Crippen molar-refractivity contribution in [3.63, 3.8) is 0 Å². The molecule has 0 aromatic heterocycles. The maximum atomic E-state index is 6.04. The fourth-order valence-electron chi connectivity index (χ4n) is 3.41. The fraction of sp³-hybridized carbons (Fsp3) is 0.458. The molecule has 0 aliphatic carbocycles. The Morgan fingerprint density at radius 1 is 1.10 bits per heavy atom. The monoisotopic (exact) mass is 427 g/mol. The van der Waals surface area contributed by atoms with Gasteiger partial charge in [-0.05, 0) is 43.0 Å². The van der Waals surface area contributed by atoms with E-state index in [0.29, 0.717) is 37.6 Å². The first-order chi connectivity index (χ1) is 15.2. The molecule has 168 valence electrons. The fourth-order valence-corrected chi connectivity index (χ4v) is 3.41. The number of aliphatic imine (C=N–C) groups is 1. The van der Waals surface area contributed by atoms with Crippen molar-refractivity contribution in [2.24, 2.45) is 4.99 Å². The summed E-state index contributed by atoms with van der Waals surface area (Å²) in [4.78, 5) is 4.32. The molecule has 2 aromatic rings. The zero-order valence-corrected chi connectivity index (χ0v) is 18.6. The minimum Gasteiger partial charge on any atom is -0.493 e. The number of hydrogen-bond donors (Lipinski definition) is 2. The van der Waals surface area contributed by atoms with E-state index in [0.717, 1.165) is 37.5 Å². The number of nitrogens with zero attached hydrogens (tertiary/aromatic N) is 1. The van der Waals surface area contributed by atoms with Crippen molar-refractivity contribution in [3.8, 4) is 11.5 Å². The molecule has 1 heterocycles. The summed E-state index contributed by atoms with van der Waals surface area (Å²) in [6.07, 6.45) is 2.24. The van der Waals surface area contributed by atoms with Crippen LogP contribution in [0.4, 0.5) is 5.69 Å². The van der Waals surface area contributed by atoms with Gasteiger partial charge >= 0.3 is 0 Å². The minimum absolute atomic E-state index is 0.296. The van der Waals surface area contributed by atoms with Gasteiger partial charge in [-0.1, -0.05) is 24.3 Å². The van der Waals surface area contributed by atoms with Crippen LogP contribution in [0.15, 0.2) is 47.5 Å². The third kappa shape index (κ3) is 7.15. The van der Waals surface area contributed by atoms with Crippen molar-refractivity contribution in [2.45, 2.75) is 39.0 Å². The second kappa shape index (κ2) is 12.2. The lowest BCUT2D eigenvalue weighted by Gasteiger charge is -2.22. The molecule has 31 heavy (non-hydrogen) atoms. The topological polar surface area (TPSA) is 73.3 Å². The van der Waals surface area contributed by atoms with Crippen LogP contribution < -0.4 is 20.1 Å². The average Bonchev–Trinajstić information content (AvgIpc) is 2.82. The first-order valence-corrected chi connectivity index (χ1v) is 10.8. The maximum Gasteiger partial charge on any atom is 0.195 e. The van der Waals surface area contributed by atoms with Crippen LogP contribution >= 0.6 is 0 Å². The van der Waals surface area contributed by atoms with Crippen molar-refractivity contribution >= 4 is 11.6 Å². The first kappa shape index (κ1) is 22.9. The molecule has 0 spiro atoms. The Morgan fingerprint density at radius 3 is 2.65 bits per heavy atom. The van der Waals surface area contributed by atoms with E-state index < -0.39 is 0 Å². The summed E-state index contributed by atoms with van der Waals surface area (Å²) < 4.78 is 22.4. The van der Waals surface area contributed by atoms with E-state index in [4.69, 9.17) is 18.9 Å². The molecule has 0 atom stereocenters. The molecular formula is C24H33N3O4. The van der Waals surface area contributed by atoms with E-state index in [2.05, 4.69) is 39.9 Å². The highest BCUT2D eigenvalue weighted by atomic mass is 16.5. The molecule has 2 aromatic carbocycles. The number of methoxy groups -OCH3 is 1. The van der Waals surface area contributed by atoms with Gasteiger partial charge in [0, 0.05) is 38.6 Å². The molecule has 2 N–H and O–H groups in total. The predicted octanol–water partition coefficient (Wildman–Crippen LogP) is 3.98. The van der Waals surface area contributed by atoms with Crippen LogP contribution in [0.5, 0.6) is 11.5 Å². The predicted molar refractivity (Wildman–Crippen MR) is 123 cm³/mol. The Labute approximate surface area is 184 Å². The number of anilines is 1. The lowest BCUT2D eigenvalue weighted by atomic mass is 10.1. The Hall–Kier alpha value is -2.77. The Balaban J connectivity index is 1.53. The molecule has 0 unspecified atom stereocenters. The Morgan fingerprint density at radius 2 is 1.90 bits per heavy atom. The summed E-state index contributed by atoms with van der Waals surface area (Å²) in [6, 6.07) is 14.1. The zero-order chi connectivity index (χ0) is 21.9. The van der Waals surface area contributed by atoms with Crippen LogP contribution in [0.3, 0.4) is 0 Å². The van der Waals surface area contributed by atoms with Gasteiger partial charge in [0.15, 0.2) is 17.5 Å². The second-order valence-electron chi connectivity index (χ2n) is 7.29. The average molecular weight is 428 g/mol. The minimum atomic E-state index is 0.296. The molecule has 7 nitrogen and oxygen atoms in total. The largest absolute Gasteiger partial charge is 0.493 e. The van der Waals surface area contributed by atoms with Crippen molar-refractivity contribution in [3.05, 3.63) is 53.6 Å². The van der Waals surface area contributed by atoms with Gasteiger partial charge in [0.2, 0.25) is 0 Å². The third-order valence-corrected chi connectivity index (χ3v) is 5.06. The lowest BCUT2D eigenvalue weighted by Crippen LogP contribution is -2.30. The molecule has 0 saturated carbocycles. The van der Waals surface area contributed by atoms with E-state index >= 15 is 0 Å². The van der Waals surface area contributed by atoms with Gasteiger partial charge in [-0.3, -0.25) is 4.99 Å². The molecule has 7 heteroatoms. The van der Waals surface area contributed by atoms with Crippen LogP contribution in [0, 0.1) is 0 Å². The van der Waals surface area contributed by atoms with E-state index in [1.165, 1.54) is 11.1 Å². The molecular weight excluding hydrogens is 394 g/mol. The molecule has 1 aliphatic rings. The van der Waals surface area contributed by atoms with Crippen LogP contribution in [-0.4, -0.2) is 46.0 Å². The normalized spacial score (nSPS) is 14.9. The van der Waals surface area contributed by atoms with Crippen LogP contribution in [0.25, 0.3) is 0 Å². The maximum absolute atomic E-state index is 6.04. The highest BCUT2D eigenvalue weighted by Gasteiger charge is 2.14. The van der Waals surface area contributed by atoms with Crippen LogP contribution in [0.2, 0.25) is 0 Å². The van der Waals surface area contributed by atoms with Gasteiger partial charge in [0.05, 0.1) is 26.4 Å². The standard InChI is InChI=1S/C24H33N3O4/c1-4-30-22-9-8-20(15-23(22)28-3)27-24(25-2)26-16-18-6-5-7-19(14-18)17-31-21-10-12-29-13-11-21/h5-9,14-15,21H,4,10-13,16-17H2,1-3H3,(H2,25,26,27). The molecule has 1 fully saturated rings. The van der Waals surface area contributed by atoms with Gasteiger partial charge < -0.3 is 29.6 Å². The van der Waals surface area contributed by atoms with Gasteiger partial charge in [-0.15, -0.1) is 0 Å². The van der Waals surface area contributed by atoms with Crippen molar-refractivity contribution < 1.29 is 18.9 Å². The summed E-state index contributed by atoms with van der Waals surface area (Å²) >= 11 is 0. The zero-order valence-electron chi connectivity index (χ0n) is 18.6. The summed E-state index contributed by atoms with van der Waals surface area (Å²) in [5.41, 5.74) is 3.21. The van der Waals surface area contributed by atoms with E-state index in [1.807, 2.05) is 25.1 Å². The quantitative estimate of drug-likeness (QED) is 0.466. The number of guanidine groups is 1. The second-order valence-corrected chi connectivity index (χ2v) is 7.29. The highest BCUT2D eigenvalue weighted by molar-refractivity contribution is 5.93. The lowest BCUT2D eigenvalue weighted by molar-refractivity contribution is -0.0390. The summed E-state index contributed by atoms with van der Waals surface area (Å²) in [5, 5.41) is 6.65. The highest BCUT2D eigenvalue weighted by Crippen LogP contribution is 2.30. The summed E-state index contributed by atoms with van der Waals surface area (Å²) in [7, 11) is 3.38.